The maximum atomic E-state index is 14.2. The minimum Gasteiger partial charge on any atom is -0.372 e. The molecule has 1 aromatic carbocycles. The Hall–Kier alpha value is -1.96. The van der Waals surface area contributed by atoms with Crippen LogP contribution in [0.3, 0.4) is 0 Å². The fourth-order valence-corrected chi connectivity index (χ4v) is 3.98. The second kappa shape index (κ2) is 7.34. The van der Waals surface area contributed by atoms with Gasteiger partial charge in [-0.25, -0.2) is 18.7 Å². The van der Waals surface area contributed by atoms with E-state index in [2.05, 4.69) is 14.9 Å². The molecule has 0 amide bonds. The van der Waals surface area contributed by atoms with Gasteiger partial charge >= 0.3 is 0 Å². The van der Waals surface area contributed by atoms with E-state index in [4.69, 9.17) is 10.5 Å². The molecule has 0 spiro atoms. The van der Waals surface area contributed by atoms with Crippen molar-refractivity contribution in [1.29, 1.82) is 0 Å². The summed E-state index contributed by atoms with van der Waals surface area (Å²) in [4.78, 5) is 10.8. The van der Waals surface area contributed by atoms with Gasteiger partial charge in [-0.2, -0.15) is 0 Å². The smallest absolute Gasteiger partial charge is 0.129 e. The summed E-state index contributed by atoms with van der Waals surface area (Å²) in [6.07, 6.45) is 5.21. The third-order valence-corrected chi connectivity index (χ3v) is 5.37. The molecule has 26 heavy (non-hydrogen) atoms. The van der Waals surface area contributed by atoms with E-state index in [-0.39, 0.29) is 11.6 Å². The first-order valence-electron chi connectivity index (χ1n) is 8.96. The van der Waals surface area contributed by atoms with E-state index in [9.17, 15) is 8.78 Å². The van der Waals surface area contributed by atoms with Crippen LogP contribution in [0.4, 0.5) is 8.78 Å². The molecule has 7 heteroatoms. The molecule has 3 heterocycles. The van der Waals surface area contributed by atoms with E-state index >= 15 is 0 Å². The predicted octanol–water partition coefficient (Wildman–Crippen LogP) is 2.36. The zero-order chi connectivity index (χ0) is 18.1. The maximum Gasteiger partial charge on any atom is 0.129 e. The summed E-state index contributed by atoms with van der Waals surface area (Å²) in [5.41, 5.74) is 8.80. The summed E-state index contributed by atoms with van der Waals surface area (Å²) in [6.45, 7) is 2.14. The molecule has 5 nitrogen and oxygen atoms in total. The fraction of sp³-hybridized carbons (Fsp3) is 0.474. The average molecular weight is 360 g/mol. The van der Waals surface area contributed by atoms with Crippen LogP contribution in [0.25, 0.3) is 0 Å². The molecule has 0 radical (unpaired) electrons. The van der Waals surface area contributed by atoms with Gasteiger partial charge in [0.25, 0.3) is 0 Å². The standard InChI is InChI=1S/C19H22F2N4O/c20-13-1-2-16(21)15(7-13)19-17(22)8-14(4-6-26-19)25-5-3-12-9-23-11-24-18(12)10-25/h1-2,7,9,11,14,17,19H,3-6,8,10,22H2/t14?,17-,19+/m0/s1. The highest BCUT2D eigenvalue weighted by atomic mass is 19.1. The van der Waals surface area contributed by atoms with Crippen molar-refractivity contribution >= 4 is 0 Å². The minimum atomic E-state index is -0.630. The van der Waals surface area contributed by atoms with Gasteiger partial charge in [0.05, 0.1) is 5.69 Å². The monoisotopic (exact) mass is 360 g/mol. The van der Waals surface area contributed by atoms with E-state index in [1.807, 2.05) is 6.20 Å². The number of fused-ring (bicyclic) bond motifs is 1. The molecule has 1 aromatic heterocycles. The van der Waals surface area contributed by atoms with Crippen molar-refractivity contribution < 1.29 is 13.5 Å². The number of halogens is 2. The number of hydrogen-bond donors (Lipinski definition) is 1. The van der Waals surface area contributed by atoms with Gasteiger partial charge in [-0.3, -0.25) is 4.90 Å². The van der Waals surface area contributed by atoms with Gasteiger partial charge in [-0.1, -0.05) is 0 Å². The molecule has 138 valence electrons. The maximum absolute atomic E-state index is 14.2. The van der Waals surface area contributed by atoms with Gasteiger partial charge in [0.15, 0.2) is 0 Å². The second-order valence-corrected chi connectivity index (χ2v) is 7.01. The molecular weight excluding hydrogens is 338 g/mol. The summed E-state index contributed by atoms with van der Waals surface area (Å²) < 4.78 is 33.5. The van der Waals surface area contributed by atoms with Gasteiger partial charge in [0.1, 0.15) is 24.1 Å². The summed E-state index contributed by atoms with van der Waals surface area (Å²) in [7, 11) is 0. The Morgan fingerprint density at radius 3 is 3.04 bits per heavy atom. The van der Waals surface area contributed by atoms with Crippen molar-refractivity contribution in [3.8, 4) is 0 Å². The SMILES string of the molecule is N[C@H]1CC(N2CCc3cncnc3C2)CCO[C@@H]1c1cc(F)ccc1F. The zero-order valence-electron chi connectivity index (χ0n) is 14.4. The summed E-state index contributed by atoms with van der Waals surface area (Å²) in [5, 5.41) is 0. The first kappa shape index (κ1) is 17.5. The first-order valence-corrected chi connectivity index (χ1v) is 8.96. The highest BCUT2D eigenvalue weighted by Crippen LogP contribution is 2.32. The number of aromatic nitrogens is 2. The molecule has 1 saturated heterocycles. The largest absolute Gasteiger partial charge is 0.372 e. The van der Waals surface area contributed by atoms with Gasteiger partial charge in [0.2, 0.25) is 0 Å². The Labute approximate surface area is 151 Å². The van der Waals surface area contributed by atoms with Gasteiger partial charge in [-0.15, -0.1) is 0 Å². The van der Waals surface area contributed by atoms with Crippen LogP contribution in [-0.4, -0.2) is 40.1 Å². The Bertz CT molecular complexity index is 788. The van der Waals surface area contributed by atoms with Crippen LogP contribution in [0.5, 0.6) is 0 Å². The van der Waals surface area contributed by atoms with Crippen molar-refractivity contribution in [3.63, 3.8) is 0 Å². The molecule has 3 atom stereocenters. The Morgan fingerprint density at radius 1 is 1.27 bits per heavy atom. The van der Waals surface area contributed by atoms with Crippen molar-refractivity contribution in [3.05, 3.63) is 59.2 Å². The lowest BCUT2D eigenvalue weighted by Gasteiger charge is -2.35. The lowest BCUT2D eigenvalue weighted by atomic mass is 9.94. The lowest BCUT2D eigenvalue weighted by Crippen LogP contribution is -2.43. The van der Waals surface area contributed by atoms with E-state index in [0.717, 1.165) is 43.8 Å². The molecule has 1 unspecified atom stereocenters. The van der Waals surface area contributed by atoms with E-state index in [1.54, 1.807) is 6.33 Å². The van der Waals surface area contributed by atoms with E-state index in [1.165, 1.54) is 11.6 Å². The Morgan fingerprint density at radius 2 is 2.15 bits per heavy atom. The second-order valence-electron chi connectivity index (χ2n) is 7.01. The molecule has 1 fully saturated rings. The number of ether oxygens (including phenoxy) is 1. The van der Waals surface area contributed by atoms with E-state index < -0.39 is 23.8 Å². The van der Waals surface area contributed by atoms with Crippen LogP contribution in [0.2, 0.25) is 0 Å². The molecular formula is C19H22F2N4O. The van der Waals surface area contributed by atoms with Gasteiger partial charge in [-0.05, 0) is 43.0 Å². The van der Waals surface area contributed by atoms with E-state index in [0.29, 0.717) is 13.0 Å². The zero-order valence-corrected chi connectivity index (χ0v) is 14.4. The normalized spacial score (nSPS) is 27.0. The van der Waals surface area contributed by atoms with Crippen LogP contribution in [0, 0.1) is 11.6 Å². The minimum absolute atomic E-state index is 0.204. The van der Waals surface area contributed by atoms with Crippen molar-refractivity contribution in [2.24, 2.45) is 5.73 Å². The molecule has 0 aliphatic carbocycles. The van der Waals surface area contributed by atoms with Crippen LogP contribution in [-0.2, 0) is 17.7 Å². The van der Waals surface area contributed by atoms with Gasteiger partial charge in [0, 0.05) is 43.5 Å². The number of hydrogen-bond acceptors (Lipinski definition) is 5. The van der Waals surface area contributed by atoms with Crippen LogP contribution in [0.15, 0.2) is 30.7 Å². The highest BCUT2D eigenvalue weighted by Gasteiger charge is 2.33. The quantitative estimate of drug-likeness (QED) is 0.891. The van der Waals surface area contributed by atoms with Crippen molar-refractivity contribution in [2.75, 3.05) is 13.2 Å². The van der Waals surface area contributed by atoms with Crippen molar-refractivity contribution in [2.45, 2.75) is 44.0 Å². The average Bonchev–Trinajstić information content (AvgIpc) is 2.85. The van der Waals surface area contributed by atoms with Crippen molar-refractivity contribution in [1.82, 2.24) is 14.9 Å². The van der Waals surface area contributed by atoms with Gasteiger partial charge < -0.3 is 10.5 Å². The molecule has 2 N–H and O–H groups in total. The Balaban J connectivity index is 1.50. The molecule has 2 aliphatic rings. The molecule has 4 rings (SSSR count). The first-order chi connectivity index (χ1) is 12.6. The molecule has 0 saturated carbocycles. The van der Waals surface area contributed by atoms with Crippen LogP contribution >= 0.6 is 0 Å². The third kappa shape index (κ3) is 3.47. The number of nitrogens with zero attached hydrogens (tertiary/aromatic N) is 3. The van der Waals surface area contributed by atoms with Crippen LogP contribution in [0.1, 0.15) is 35.8 Å². The number of benzene rings is 1. The topological polar surface area (TPSA) is 64.3 Å². The number of rotatable bonds is 2. The molecule has 2 aliphatic heterocycles. The molecule has 2 aromatic rings. The predicted molar refractivity (Wildman–Crippen MR) is 92.2 cm³/mol. The molecule has 0 bridgehead atoms. The summed E-state index contributed by atoms with van der Waals surface area (Å²) >= 11 is 0. The highest BCUT2D eigenvalue weighted by molar-refractivity contribution is 5.23. The third-order valence-electron chi connectivity index (χ3n) is 5.37. The lowest BCUT2D eigenvalue weighted by molar-refractivity contribution is 0.0429. The Kier molecular flexibility index (Phi) is 4.93. The number of nitrogens with two attached hydrogens (primary N) is 1. The fourth-order valence-electron chi connectivity index (χ4n) is 3.98. The summed E-state index contributed by atoms with van der Waals surface area (Å²) in [5.74, 6) is -0.959. The van der Waals surface area contributed by atoms with Crippen LogP contribution < -0.4 is 5.73 Å². The summed E-state index contributed by atoms with van der Waals surface area (Å²) in [6, 6.07) is 3.26.